The Kier molecular flexibility index (Phi) is 39.8. The molecule has 0 aliphatic heterocycles. The van der Waals surface area contributed by atoms with E-state index in [1.165, 1.54) is 77.6 Å². The minimum absolute atomic E-state index is 0.0231. The predicted molar refractivity (Wildman–Crippen MR) is 170 cm³/mol. The van der Waals surface area contributed by atoms with Crippen LogP contribution in [0.3, 0.4) is 0 Å². The van der Waals surface area contributed by atoms with Crippen LogP contribution in [0.1, 0.15) is 136 Å². The minimum atomic E-state index is -1.17. The van der Waals surface area contributed by atoms with Gasteiger partial charge in [-0.2, -0.15) is 0 Å². The molecule has 0 heterocycles. The predicted octanol–water partition coefficient (Wildman–Crippen LogP) is 3.76. The molecule has 0 spiro atoms. The van der Waals surface area contributed by atoms with E-state index in [9.17, 15) is 24.0 Å². The van der Waals surface area contributed by atoms with Crippen LogP contribution in [-0.2, 0) is 24.0 Å². The van der Waals surface area contributed by atoms with Crippen molar-refractivity contribution in [3.63, 3.8) is 0 Å². The SMILES string of the molecule is CC(N)C(=O)O.CCCCCCCCCCCCCCCC(=O)O.NC(CCC(=O)O)C(=O)O.NCCCCC(N)C(=O)O. The Morgan fingerprint density at radius 1 is 0.500 bits per heavy atom. The molecule has 44 heavy (non-hydrogen) atoms. The molecular weight excluding hydrogens is 576 g/mol. The van der Waals surface area contributed by atoms with Crippen LogP contribution in [0.5, 0.6) is 0 Å². The Balaban J connectivity index is -0.000000263. The van der Waals surface area contributed by atoms with E-state index in [4.69, 9.17) is 48.5 Å². The Bertz CT molecular complexity index is 724. The van der Waals surface area contributed by atoms with Crippen molar-refractivity contribution in [3.05, 3.63) is 0 Å². The standard InChI is InChI=1S/C16H32O2.C6H14N2O2.C5H9NO4.C3H7NO2/c1-2-3-4-5-6-7-8-9-10-11-12-13-14-15-16(17)18;7-4-2-1-3-5(8)6(9)10;6-3(5(9)10)1-2-4(7)8;1-2(4)3(5)6/h2-15H2,1H3,(H,17,18);5H,1-4,7-8H2,(H,9,10);3H,1-2,6H2,(H,7,8)(H,9,10);2H,4H2,1H3,(H,5,6). The van der Waals surface area contributed by atoms with Gasteiger partial charge in [0.05, 0.1) is 0 Å². The third kappa shape index (κ3) is 48.9. The lowest BCUT2D eigenvalue weighted by atomic mass is 10.0. The first kappa shape index (κ1) is 48.1. The van der Waals surface area contributed by atoms with Gasteiger partial charge >= 0.3 is 29.8 Å². The fourth-order valence-corrected chi connectivity index (χ4v) is 3.33. The third-order valence-corrected chi connectivity index (χ3v) is 6.16. The van der Waals surface area contributed by atoms with E-state index in [2.05, 4.69) is 6.92 Å². The maximum atomic E-state index is 10.3. The first-order chi connectivity index (χ1) is 20.6. The van der Waals surface area contributed by atoms with Gasteiger partial charge in [-0.05, 0) is 39.2 Å². The molecule has 0 fully saturated rings. The highest BCUT2D eigenvalue weighted by molar-refractivity contribution is 5.74. The number of unbranched alkanes of at least 4 members (excludes halogenated alkanes) is 13. The lowest BCUT2D eigenvalue weighted by Crippen LogP contribution is -2.30. The Hall–Kier alpha value is -2.81. The monoisotopic (exact) mass is 638 g/mol. The molecule has 0 aromatic heterocycles. The summed E-state index contributed by atoms with van der Waals surface area (Å²) in [6, 6.07) is -2.51. The van der Waals surface area contributed by atoms with Crippen LogP contribution in [0.25, 0.3) is 0 Å². The highest BCUT2D eigenvalue weighted by Gasteiger charge is 2.12. The summed E-state index contributed by atoms with van der Waals surface area (Å²) in [5.74, 6) is -4.75. The summed E-state index contributed by atoms with van der Waals surface area (Å²) in [5, 5.41) is 41.0. The molecule has 0 aromatic carbocycles. The zero-order chi connectivity index (χ0) is 34.8. The van der Waals surface area contributed by atoms with Crippen LogP contribution in [0, 0.1) is 0 Å². The van der Waals surface area contributed by atoms with Crippen molar-refractivity contribution < 1.29 is 49.5 Å². The van der Waals surface area contributed by atoms with Crippen LogP contribution in [0.4, 0.5) is 0 Å². The fraction of sp³-hybridized carbons (Fsp3) is 0.833. The quantitative estimate of drug-likeness (QED) is 0.0680. The summed E-state index contributed by atoms with van der Waals surface area (Å²) < 4.78 is 0. The molecule has 262 valence electrons. The van der Waals surface area contributed by atoms with Crippen LogP contribution in [0.2, 0.25) is 0 Å². The lowest BCUT2D eigenvalue weighted by molar-refractivity contribution is -0.141. The molecule has 13 N–H and O–H groups in total. The Labute approximate surface area is 262 Å². The summed E-state index contributed by atoms with van der Waals surface area (Å²) in [4.78, 5) is 49.9. The highest BCUT2D eigenvalue weighted by atomic mass is 16.4. The van der Waals surface area contributed by atoms with E-state index in [1.807, 2.05) is 0 Å². The number of aliphatic carboxylic acids is 5. The van der Waals surface area contributed by atoms with Gasteiger partial charge in [-0.15, -0.1) is 0 Å². The molecule has 0 aliphatic rings. The van der Waals surface area contributed by atoms with Gasteiger partial charge in [0.2, 0.25) is 0 Å². The first-order valence-electron chi connectivity index (χ1n) is 15.7. The van der Waals surface area contributed by atoms with Crippen molar-refractivity contribution >= 4 is 29.8 Å². The number of nitrogens with two attached hydrogens (primary N) is 4. The van der Waals surface area contributed by atoms with Crippen molar-refractivity contribution in [2.45, 2.75) is 154 Å². The lowest BCUT2D eigenvalue weighted by Gasteiger charge is -2.03. The molecule has 3 unspecified atom stereocenters. The number of hydrogen-bond acceptors (Lipinski definition) is 9. The molecule has 0 bridgehead atoms. The van der Waals surface area contributed by atoms with Gasteiger partial charge in [0.15, 0.2) is 0 Å². The molecule has 0 aliphatic carbocycles. The van der Waals surface area contributed by atoms with Gasteiger partial charge in [-0.1, -0.05) is 90.4 Å². The number of hydrogen-bond donors (Lipinski definition) is 9. The fourth-order valence-electron chi connectivity index (χ4n) is 3.33. The van der Waals surface area contributed by atoms with Gasteiger partial charge in [0.25, 0.3) is 0 Å². The second-order valence-corrected chi connectivity index (χ2v) is 10.6. The second-order valence-electron chi connectivity index (χ2n) is 10.6. The molecule has 14 nitrogen and oxygen atoms in total. The first-order valence-corrected chi connectivity index (χ1v) is 15.7. The summed E-state index contributed by atoms with van der Waals surface area (Å²) in [5.41, 5.74) is 20.3. The Morgan fingerprint density at radius 2 is 0.841 bits per heavy atom. The van der Waals surface area contributed by atoms with Crippen LogP contribution >= 0.6 is 0 Å². The second kappa shape index (κ2) is 36.4. The maximum absolute atomic E-state index is 10.3. The highest BCUT2D eigenvalue weighted by Crippen LogP contribution is 2.12. The van der Waals surface area contributed by atoms with E-state index < -0.39 is 48.0 Å². The van der Waals surface area contributed by atoms with Crippen molar-refractivity contribution in [2.75, 3.05) is 6.54 Å². The third-order valence-electron chi connectivity index (χ3n) is 6.16. The van der Waals surface area contributed by atoms with Crippen LogP contribution < -0.4 is 22.9 Å². The zero-order valence-electron chi connectivity index (χ0n) is 27.0. The van der Waals surface area contributed by atoms with E-state index in [1.54, 1.807) is 0 Å². The van der Waals surface area contributed by atoms with Gasteiger partial charge < -0.3 is 48.5 Å². The topological polar surface area (TPSA) is 291 Å². The Morgan fingerprint density at radius 3 is 1.14 bits per heavy atom. The molecule has 0 saturated carbocycles. The van der Waals surface area contributed by atoms with Crippen molar-refractivity contribution in [1.29, 1.82) is 0 Å². The van der Waals surface area contributed by atoms with E-state index in [0.717, 1.165) is 25.7 Å². The maximum Gasteiger partial charge on any atom is 0.320 e. The van der Waals surface area contributed by atoms with E-state index in [0.29, 0.717) is 19.4 Å². The molecule has 0 aromatic rings. The minimum Gasteiger partial charge on any atom is -0.481 e. The number of carboxylic acid groups (broad SMARTS) is 5. The van der Waals surface area contributed by atoms with Gasteiger partial charge in [0.1, 0.15) is 18.1 Å². The number of carboxylic acids is 5. The average Bonchev–Trinajstić information content (AvgIpc) is 2.95. The molecular formula is C30H62N4O10. The van der Waals surface area contributed by atoms with Gasteiger partial charge in [0, 0.05) is 12.8 Å². The molecule has 0 rings (SSSR count). The summed E-state index contributed by atoms with van der Waals surface area (Å²) >= 11 is 0. The van der Waals surface area contributed by atoms with Gasteiger partial charge in [-0.25, -0.2) is 0 Å². The van der Waals surface area contributed by atoms with Crippen LogP contribution in [0.15, 0.2) is 0 Å². The zero-order valence-corrected chi connectivity index (χ0v) is 27.0. The smallest absolute Gasteiger partial charge is 0.320 e. The van der Waals surface area contributed by atoms with Crippen molar-refractivity contribution in [3.8, 4) is 0 Å². The molecule has 0 saturated heterocycles. The summed E-state index contributed by atoms with van der Waals surface area (Å²) in [6.07, 6.45) is 19.2. The average molecular weight is 639 g/mol. The summed E-state index contributed by atoms with van der Waals surface area (Å²) in [6.45, 7) is 4.28. The van der Waals surface area contributed by atoms with Gasteiger partial charge in [-0.3, -0.25) is 24.0 Å². The van der Waals surface area contributed by atoms with Crippen molar-refractivity contribution in [2.24, 2.45) is 22.9 Å². The van der Waals surface area contributed by atoms with E-state index >= 15 is 0 Å². The number of carbonyl (C=O) groups is 5. The molecule has 0 amide bonds. The number of rotatable bonds is 24. The molecule has 14 heteroatoms. The molecule has 0 radical (unpaired) electrons. The van der Waals surface area contributed by atoms with E-state index in [-0.39, 0.29) is 12.8 Å². The van der Waals surface area contributed by atoms with Crippen molar-refractivity contribution in [1.82, 2.24) is 0 Å². The van der Waals surface area contributed by atoms with Crippen LogP contribution in [-0.4, -0.2) is 80.0 Å². The molecule has 3 atom stereocenters. The largest absolute Gasteiger partial charge is 0.481 e. The normalized spacial score (nSPS) is 12.0. The summed E-state index contributed by atoms with van der Waals surface area (Å²) in [7, 11) is 0.